The van der Waals surface area contributed by atoms with Gasteiger partial charge in [-0.25, -0.2) is 0 Å². The topological polar surface area (TPSA) is 46.2 Å². The van der Waals surface area contributed by atoms with E-state index in [4.69, 9.17) is 0 Å². The van der Waals surface area contributed by atoms with Gasteiger partial charge in [-0.3, -0.25) is 14.9 Å². The highest BCUT2D eigenvalue weighted by Crippen LogP contribution is 2.31. The highest BCUT2D eigenvalue weighted by atomic mass is 16.2. The predicted molar refractivity (Wildman–Crippen MR) is 76.7 cm³/mol. The van der Waals surface area contributed by atoms with Gasteiger partial charge >= 0.3 is 0 Å². The molecule has 1 unspecified atom stereocenters. The maximum absolute atomic E-state index is 12.0. The third kappa shape index (κ3) is 1.84. The number of allylic oxidation sites excluding steroid dienone is 1. The van der Waals surface area contributed by atoms with E-state index in [1.807, 2.05) is 36.4 Å². The molecule has 98 valence electrons. The van der Waals surface area contributed by atoms with Crippen LogP contribution < -0.4 is 5.32 Å². The van der Waals surface area contributed by atoms with Gasteiger partial charge in [0.2, 0.25) is 0 Å². The summed E-state index contributed by atoms with van der Waals surface area (Å²) in [5.74, 6) is -0.770. The zero-order valence-corrected chi connectivity index (χ0v) is 10.8. The molecule has 2 aromatic carbocycles. The lowest BCUT2D eigenvalue weighted by atomic mass is 9.87. The molecule has 0 aromatic heterocycles. The number of hydrogen-bond acceptors (Lipinski definition) is 2. The second-order valence-corrected chi connectivity index (χ2v) is 4.68. The zero-order valence-electron chi connectivity index (χ0n) is 10.8. The molecular formula is C17H13NO2. The van der Waals surface area contributed by atoms with Crippen LogP contribution in [0.5, 0.6) is 0 Å². The van der Waals surface area contributed by atoms with Crippen LogP contribution in [-0.4, -0.2) is 11.8 Å². The number of amides is 2. The van der Waals surface area contributed by atoms with E-state index in [2.05, 4.69) is 11.9 Å². The minimum Gasteiger partial charge on any atom is -0.288 e. The monoisotopic (exact) mass is 263 g/mol. The van der Waals surface area contributed by atoms with Crippen molar-refractivity contribution in [3.63, 3.8) is 0 Å². The molecule has 0 radical (unpaired) electrons. The van der Waals surface area contributed by atoms with Gasteiger partial charge in [0.25, 0.3) is 11.8 Å². The molecule has 1 aliphatic rings. The Morgan fingerprint density at radius 2 is 1.70 bits per heavy atom. The Balaban J connectivity index is 2.18. The summed E-state index contributed by atoms with van der Waals surface area (Å²) >= 11 is 0. The summed E-state index contributed by atoms with van der Waals surface area (Å²) in [6.45, 7) is 3.87. The van der Waals surface area contributed by atoms with Crippen LogP contribution in [0.15, 0.2) is 61.2 Å². The fourth-order valence-corrected chi connectivity index (χ4v) is 2.61. The molecule has 0 saturated carbocycles. The van der Waals surface area contributed by atoms with Gasteiger partial charge in [0, 0.05) is 5.92 Å². The number of fused-ring (bicyclic) bond motifs is 1. The minimum absolute atomic E-state index is 0.109. The quantitative estimate of drug-likeness (QED) is 0.683. The molecule has 0 bridgehead atoms. The van der Waals surface area contributed by atoms with Gasteiger partial charge in [-0.15, -0.1) is 6.58 Å². The molecule has 3 nitrogen and oxygen atoms in total. The molecule has 1 N–H and O–H groups in total. The average Bonchev–Trinajstić information content (AvgIpc) is 2.77. The van der Waals surface area contributed by atoms with Crippen LogP contribution in [0.3, 0.4) is 0 Å². The van der Waals surface area contributed by atoms with Crippen LogP contribution in [0, 0.1) is 0 Å². The van der Waals surface area contributed by atoms with Crippen molar-refractivity contribution in [2.24, 2.45) is 0 Å². The summed E-state index contributed by atoms with van der Waals surface area (Å²) in [4.78, 5) is 23.7. The first kappa shape index (κ1) is 12.4. The van der Waals surface area contributed by atoms with Gasteiger partial charge in [-0.05, 0) is 17.2 Å². The molecule has 1 aliphatic heterocycles. The smallest absolute Gasteiger partial charge is 0.259 e. The van der Waals surface area contributed by atoms with E-state index in [-0.39, 0.29) is 17.7 Å². The van der Waals surface area contributed by atoms with Crippen molar-refractivity contribution in [3.05, 3.63) is 83.4 Å². The Kier molecular flexibility index (Phi) is 2.95. The summed E-state index contributed by atoms with van der Waals surface area (Å²) in [6.07, 6.45) is 1.79. The third-order valence-corrected chi connectivity index (χ3v) is 3.52. The van der Waals surface area contributed by atoms with Crippen molar-refractivity contribution in [2.45, 2.75) is 5.92 Å². The van der Waals surface area contributed by atoms with Gasteiger partial charge in [-0.2, -0.15) is 0 Å². The summed E-state index contributed by atoms with van der Waals surface area (Å²) in [7, 11) is 0. The maximum Gasteiger partial charge on any atom is 0.259 e. The fourth-order valence-electron chi connectivity index (χ4n) is 2.61. The molecule has 0 aliphatic carbocycles. The first-order chi connectivity index (χ1) is 9.72. The van der Waals surface area contributed by atoms with E-state index in [1.165, 1.54) is 0 Å². The van der Waals surface area contributed by atoms with Crippen LogP contribution in [-0.2, 0) is 0 Å². The normalized spacial score (nSPS) is 14.6. The molecule has 0 saturated heterocycles. The fraction of sp³-hybridized carbons (Fsp3) is 0.0588. The first-order valence-corrected chi connectivity index (χ1v) is 6.38. The van der Waals surface area contributed by atoms with E-state index < -0.39 is 0 Å². The van der Waals surface area contributed by atoms with Gasteiger partial charge in [-0.1, -0.05) is 48.5 Å². The molecule has 3 rings (SSSR count). The van der Waals surface area contributed by atoms with Crippen LogP contribution in [0.2, 0.25) is 0 Å². The van der Waals surface area contributed by atoms with Crippen molar-refractivity contribution in [1.29, 1.82) is 0 Å². The summed E-state index contributed by atoms with van der Waals surface area (Å²) in [5.41, 5.74) is 2.76. The number of hydrogen-bond donors (Lipinski definition) is 1. The number of rotatable bonds is 3. The number of nitrogens with one attached hydrogen (secondary N) is 1. The number of carbonyl (C=O) groups excluding carboxylic acids is 2. The highest BCUT2D eigenvalue weighted by molar-refractivity contribution is 6.22. The lowest BCUT2D eigenvalue weighted by Crippen LogP contribution is -2.20. The van der Waals surface area contributed by atoms with E-state index >= 15 is 0 Å². The highest BCUT2D eigenvalue weighted by Gasteiger charge is 2.31. The Labute approximate surface area is 116 Å². The summed E-state index contributed by atoms with van der Waals surface area (Å²) in [6, 6.07) is 15.1. The average molecular weight is 263 g/mol. The van der Waals surface area contributed by atoms with E-state index in [0.29, 0.717) is 11.1 Å². The van der Waals surface area contributed by atoms with Crippen LogP contribution in [0.1, 0.15) is 37.8 Å². The number of imide groups is 1. The van der Waals surface area contributed by atoms with Crippen molar-refractivity contribution in [1.82, 2.24) is 5.32 Å². The van der Waals surface area contributed by atoms with Crippen LogP contribution in [0.25, 0.3) is 0 Å². The largest absolute Gasteiger partial charge is 0.288 e. The van der Waals surface area contributed by atoms with Crippen LogP contribution in [0.4, 0.5) is 0 Å². The molecule has 2 amide bonds. The van der Waals surface area contributed by atoms with Crippen molar-refractivity contribution < 1.29 is 9.59 Å². The third-order valence-electron chi connectivity index (χ3n) is 3.52. The minimum atomic E-state index is -0.331. The Morgan fingerprint density at radius 3 is 2.40 bits per heavy atom. The molecule has 2 aromatic rings. The standard InChI is InChI=1S/C17H13NO2/c1-2-12(11-7-4-3-5-8-11)13-9-6-10-14-15(13)17(20)18-16(14)19/h2-10,12H,1H2,(H,18,19,20). The number of benzene rings is 2. The lowest BCUT2D eigenvalue weighted by Gasteiger charge is -2.16. The molecule has 1 heterocycles. The summed E-state index contributed by atoms with van der Waals surface area (Å²) in [5, 5.41) is 2.34. The van der Waals surface area contributed by atoms with Gasteiger partial charge in [0.05, 0.1) is 11.1 Å². The second kappa shape index (κ2) is 4.78. The van der Waals surface area contributed by atoms with Gasteiger partial charge in [0.1, 0.15) is 0 Å². The van der Waals surface area contributed by atoms with Gasteiger partial charge in [0.15, 0.2) is 0 Å². The molecule has 1 atom stereocenters. The maximum atomic E-state index is 12.0. The summed E-state index contributed by atoms with van der Waals surface area (Å²) < 4.78 is 0. The molecular weight excluding hydrogens is 250 g/mol. The first-order valence-electron chi connectivity index (χ1n) is 6.38. The molecule has 20 heavy (non-hydrogen) atoms. The number of carbonyl (C=O) groups is 2. The van der Waals surface area contributed by atoms with Gasteiger partial charge < -0.3 is 0 Å². The lowest BCUT2D eigenvalue weighted by molar-refractivity contribution is 0.0879. The second-order valence-electron chi connectivity index (χ2n) is 4.68. The van der Waals surface area contributed by atoms with Crippen LogP contribution >= 0.6 is 0 Å². The molecule has 0 fully saturated rings. The SMILES string of the molecule is C=CC(c1ccccc1)c1cccc2c1C(=O)NC2=O. The van der Waals surface area contributed by atoms with Crippen molar-refractivity contribution in [3.8, 4) is 0 Å². The van der Waals surface area contributed by atoms with E-state index in [9.17, 15) is 9.59 Å². The van der Waals surface area contributed by atoms with Crippen molar-refractivity contribution in [2.75, 3.05) is 0 Å². The van der Waals surface area contributed by atoms with Crippen molar-refractivity contribution >= 4 is 11.8 Å². The molecule has 3 heteroatoms. The Hall–Kier alpha value is -2.68. The zero-order chi connectivity index (χ0) is 14.1. The van der Waals surface area contributed by atoms with E-state index in [0.717, 1.165) is 11.1 Å². The van der Waals surface area contributed by atoms with E-state index in [1.54, 1.807) is 18.2 Å². The Morgan fingerprint density at radius 1 is 0.950 bits per heavy atom. The predicted octanol–water partition coefficient (Wildman–Crippen LogP) is 2.89. The molecule has 0 spiro atoms. The Bertz CT molecular complexity index is 704.